The molecule has 0 saturated heterocycles. The Hall–Kier alpha value is -0.648. The minimum absolute atomic E-state index is 0. The quantitative estimate of drug-likeness (QED) is 0.631. The maximum absolute atomic E-state index is 12.2. The molecule has 0 atom stereocenters. The second-order valence-corrected chi connectivity index (χ2v) is 4.25. The molecule has 0 aromatic heterocycles. The van der Waals surface area contributed by atoms with Crippen LogP contribution >= 0.6 is 0 Å². The minimum atomic E-state index is -0.0845. The molecule has 89 valence electrons. The number of rotatable bonds is 2. The molecular formula is C15H14AcNO-. The van der Waals surface area contributed by atoms with E-state index in [0.29, 0.717) is 11.1 Å². The minimum Gasteiger partial charge on any atom is -0.698 e. The molecule has 0 unspecified atom stereocenters. The number of ketones is 1. The topological polar surface area (TPSA) is 40.9 Å². The Bertz CT molecular complexity index is 578. The summed E-state index contributed by atoms with van der Waals surface area (Å²) in [5, 5.41) is 0. The average molecular weight is 451 g/mol. The van der Waals surface area contributed by atoms with Crippen LogP contribution in [-0.4, -0.2) is 5.78 Å². The number of hydrogen-bond donors (Lipinski definition) is 0. The Morgan fingerprint density at radius 2 is 1.67 bits per heavy atom. The Kier molecular flexibility index (Phi) is 5.56. The van der Waals surface area contributed by atoms with Crippen LogP contribution in [0.3, 0.4) is 0 Å². The summed E-state index contributed by atoms with van der Waals surface area (Å²) in [6.45, 7) is 3.87. The maximum Gasteiger partial charge on any atom is 0.191 e. The van der Waals surface area contributed by atoms with Crippen molar-refractivity contribution >= 4 is 11.5 Å². The molecule has 2 rings (SSSR count). The fraction of sp³-hybridized carbons (Fsp3) is 0.133. The fourth-order valence-electron chi connectivity index (χ4n) is 1.80. The molecular weight excluding hydrogens is 437 g/mol. The monoisotopic (exact) mass is 451 g/mol. The van der Waals surface area contributed by atoms with Crippen LogP contribution in [0.4, 0.5) is 5.69 Å². The predicted molar refractivity (Wildman–Crippen MR) is 69.8 cm³/mol. The fourth-order valence-corrected chi connectivity index (χ4v) is 1.80. The molecule has 0 aliphatic heterocycles. The van der Waals surface area contributed by atoms with Crippen molar-refractivity contribution in [1.82, 2.24) is 0 Å². The zero-order valence-corrected chi connectivity index (χ0v) is 15.3. The molecule has 18 heavy (non-hydrogen) atoms. The van der Waals surface area contributed by atoms with Gasteiger partial charge in [0, 0.05) is 55.2 Å². The van der Waals surface area contributed by atoms with Crippen molar-refractivity contribution in [3.05, 3.63) is 70.5 Å². The van der Waals surface area contributed by atoms with Crippen LogP contribution in [0.1, 0.15) is 27.0 Å². The third-order valence-corrected chi connectivity index (χ3v) is 2.70. The van der Waals surface area contributed by atoms with Gasteiger partial charge in [0.2, 0.25) is 0 Å². The van der Waals surface area contributed by atoms with E-state index in [1.807, 2.05) is 38.1 Å². The third-order valence-electron chi connectivity index (χ3n) is 2.70. The third kappa shape index (κ3) is 3.43. The van der Waals surface area contributed by atoms with E-state index in [1.165, 1.54) is 0 Å². The molecule has 0 bridgehead atoms. The molecule has 0 saturated carbocycles. The van der Waals surface area contributed by atoms with E-state index >= 15 is 0 Å². The average Bonchev–Trinajstić information content (AvgIpc) is 2.28. The summed E-state index contributed by atoms with van der Waals surface area (Å²) in [5.41, 5.74) is 11.3. The van der Waals surface area contributed by atoms with Gasteiger partial charge in [-0.1, -0.05) is 47.5 Å². The molecule has 2 aromatic rings. The zero-order valence-electron chi connectivity index (χ0n) is 10.5. The first-order valence-corrected chi connectivity index (χ1v) is 5.51. The molecule has 2 nitrogen and oxygen atoms in total. The van der Waals surface area contributed by atoms with Gasteiger partial charge in [0.15, 0.2) is 5.78 Å². The summed E-state index contributed by atoms with van der Waals surface area (Å²) in [4.78, 5) is 12.2. The molecule has 1 N–H and O–H groups in total. The Balaban J connectivity index is 0.00000162. The number of carbonyl (C=O) groups excluding carboxylic acids is 1. The Labute approximate surface area is 143 Å². The van der Waals surface area contributed by atoms with Crippen LogP contribution < -0.4 is 0 Å². The number of nitrogens with one attached hydrogen (secondary N) is 1. The summed E-state index contributed by atoms with van der Waals surface area (Å²) in [6, 6.07) is 12.7. The van der Waals surface area contributed by atoms with Gasteiger partial charge in [-0.25, -0.2) is 0 Å². The summed E-state index contributed by atoms with van der Waals surface area (Å²) < 4.78 is 0. The van der Waals surface area contributed by atoms with Crippen molar-refractivity contribution < 1.29 is 48.9 Å². The van der Waals surface area contributed by atoms with Gasteiger partial charge < -0.3 is 5.73 Å². The number of carbonyl (C=O) groups is 1. The molecule has 0 aliphatic rings. The smallest absolute Gasteiger partial charge is 0.191 e. The van der Waals surface area contributed by atoms with Crippen molar-refractivity contribution in [2.75, 3.05) is 0 Å². The molecule has 3 heteroatoms. The van der Waals surface area contributed by atoms with Crippen molar-refractivity contribution in [2.45, 2.75) is 13.8 Å². The van der Waals surface area contributed by atoms with Gasteiger partial charge in [-0.2, -0.15) is 0 Å². The Morgan fingerprint density at radius 1 is 1.00 bits per heavy atom. The summed E-state index contributed by atoms with van der Waals surface area (Å²) in [7, 11) is 0. The van der Waals surface area contributed by atoms with Crippen LogP contribution in [0, 0.1) is 57.9 Å². The van der Waals surface area contributed by atoms with Crippen LogP contribution in [0.15, 0.2) is 42.5 Å². The van der Waals surface area contributed by atoms with E-state index in [4.69, 9.17) is 5.73 Å². The first kappa shape index (κ1) is 15.4. The molecule has 0 heterocycles. The summed E-state index contributed by atoms with van der Waals surface area (Å²) in [5.74, 6) is -0.0845. The molecule has 0 spiro atoms. The van der Waals surface area contributed by atoms with Crippen LogP contribution in [0.2, 0.25) is 0 Å². The molecule has 0 aliphatic carbocycles. The summed E-state index contributed by atoms with van der Waals surface area (Å²) >= 11 is 0. The van der Waals surface area contributed by atoms with Crippen LogP contribution in [-0.2, 0) is 0 Å². The van der Waals surface area contributed by atoms with E-state index in [2.05, 4.69) is 0 Å². The largest absolute Gasteiger partial charge is 0.698 e. The first-order valence-electron chi connectivity index (χ1n) is 5.51. The van der Waals surface area contributed by atoms with Crippen LogP contribution in [0.25, 0.3) is 5.73 Å². The Morgan fingerprint density at radius 3 is 2.28 bits per heavy atom. The molecule has 0 fully saturated rings. The van der Waals surface area contributed by atoms with Crippen LogP contribution in [0.5, 0.6) is 0 Å². The van der Waals surface area contributed by atoms with Crippen molar-refractivity contribution in [3.8, 4) is 0 Å². The van der Waals surface area contributed by atoms with E-state index < -0.39 is 0 Å². The van der Waals surface area contributed by atoms with Crippen molar-refractivity contribution in [3.63, 3.8) is 0 Å². The standard InChI is InChI=1S/C15H15NO.Ac/c1-10-4-3-5-12(8-10)15(17)13-7-6-11(2)9-14(13)16;/h3-9H,1-2H3,(H2,16,17);/p-1. The van der Waals surface area contributed by atoms with E-state index in [1.54, 1.807) is 18.2 Å². The van der Waals surface area contributed by atoms with E-state index in [9.17, 15) is 4.79 Å². The SMILES string of the molecule is Cc1cccc(C(=O)c2ccc(C)cc2[NH-])c1.[Ac]. The van der Waals surface area contributed by atoms with Gasteiger partial charge in [-0.15, -0.1) is 5.69 Å². The molecule has 1 radical (unpaired) electrons. The van der Waals surface area contributed by atoms with Gasteiger partial charge in [0.25, 0.3) is 0 Å². The van der Waals surface area contributed by atoms with E-state index in [0.717, 1.165) is 11.1 Å². The predicted octanol–water partition coefficient (Wildman–Crippen LogP) is 4.22. The van der Waals surface area contributed by atoms with E-state index in [-0.39, 0.29) is 55.5 Å². The number of hydrogen-bond acceptors (Lipinski definition) is 1. The zero-order chi connectivity index (χ0) is 12.4. The number of aryl methyl sites for hydroxylation is 2. The number of benzene rings is 2. The molecule has 0 amide bonds. The summed E-state index contributed by atoms with van der Waals surface area (Å²) in [6.07, 6.45) is 0. The van der Waals surface area contributed by atoms with Crippen molar-refractivity contribution in [1.29, 1.82) is 0 Å². The first-order chi connectivity index (χ1) is 8.08. The van der Waals surface area contributed by atoms with Crippen molar-refractivity contribution in [2.24, 2.45) is 0 Å². The second-order valence-electron chi connectivity index (χ2n) is 4.25. The van der Waals surface area contributed by atoms with Gasteiger partial charge in [-0.05, 0) is 19.9 Å². The van der Waals surface area contributed by atoms with Gasteiger partial charge >= 0.3 is 0 Å². The second kappa shape index (κ2) is 6.50. The van der Waals surface area contributed by atoms with Gasteiger partial charge in [0.1, 0.15) is 0 Å². The normalized spacial score (nSPS) is 9.67. The maximum atomic E-state index is 12.2. The van der Waals surface area contributed by atoms with Gasteiger partial charge in [-0.3, -0.25) is 4.79 Å². The molecule has 2 aromatic carbocycles. The van der Waals surface area contributed by atoms with Gasteiger partial charge in [0.05, 0.1) is 0 Å².